The summed E-state index contributed by atoms with van der Waals surface area (Å²) in [6, 6.07) is 6.51. The molecule has 62 heavy (non-hydrogen) atoms. The molecule has 3 aromatic rings. The molecule has 3 saturated heterocycles. The molecule has 16 nitrogen and oxygen atoms in total. The Labute approximate surface area is 363 Å². The molecular weight excluding hydrogens is 825 g/mol. The lowest BCUT2D eigenvalue weighted by Crippen LogP contribution is -2.61. The number of aromatic nitrogens is 1. The minimum atomic E-state index is -3.22. The molecule has 2 unspecified atom stereocenters. The summed E-state index contributed by atoms with van der Waals surface area (Å²) < 4.78 is 44.7. The molecule has 6 rings (SSSR count). The normalized spacial score (nSPS) is 20.2. The highest BCUT2D eigenvalue weighted by Crippen LogP contribution is 2.40. The van der Waals surface area contributed by atoms with Crippen LogP contribution in [0, 0.1) is 0 Å². The van der Waals surface area contributed by atoms with Crippen LogP contribution in [0.3, 0.4) is 0 Å². The number of amides is 3. The quantitative estimate of drug-likeness (QED) is 0.131. The van der Waals surface area contributed by atoms with E-state index in [2.05, 4.69) is 20.6 Å². The van der Waals surface area contributed by atoms with Crippen LogP contribution in [0.25, 0.3) is 5.57 Å². The van der Waals surface area contributed by atoms with Crippen molar-refractivity contribution in [2.24, 2.45) is 5.10 Å². The fraction of sp³-hybridized carbons (Fsp3) is 0.488. The van der Waals surface area contributed by atoms with Gasteiger partial charge in [-0.05, 0) is 69.6 Å². The molecule has 3 aliphatic heterocycles. The van der Waals surface area contributed by atoms with Crippen LogP contribution < -0.4 is 30.5 Å². The first-order valence-electron chi connectivity index (χ1n) is 20.4. The Hall–Kier alpha value is -5.66. The average Bonchev–Trinajstić information content (AvgIpc) is 3.67. The Morgan fingerprint density at radius 1 is 1.00 bits per heavy atom. The van der Waals surface area contributed by atoms with Gasteiger partial charge in [0.05, 0.1) is 37.2 Å². The number of aldehydes is 1. The zero-order valence-electron chi connectivity index (χ0n) is 36.2. The molecule has 3 amide bonds. The molecule has 2 atom stereocenters. The summed E-state index contributed by atoms with van der Waals surface area (Å²) in [6.45, 7) is 1.55. The van der Waals surface area contributed by atoms with E-state index in [4.69, 9.17) is 9.47 Å². The van der Waals surface area contributed by atoms with Gasteiger partial charge < -0.3 is 29.5 Å². The number of carbonyl (C=O) groups excluding carboxylic acids is 5. The number of imide groups is 1. The number of thiophene rings is 1. The topological polar surface area (TPSA) is 161 Å². The highest BCUT2D eigenvalue weighted by Gasteiger charge is 2.47. The molecule has 0 bridgehead atoms. The van der Waals surface area contributed by atoms with Crippen molar-refractivity contribution < 1.29 is 42.2 Å². The number of alkyl halides is 2. The third-order valence-corrected chi connectivity index (χ3v) is 12.6. The number of rotatable bonds is 15. The molecular formula is C43H55F2N9O7S. The molecule has 5 heterocycles. The second-order valence-corrected chi connectivity index (χ2v) is 17.3. The standard InChI is InChI=1S/C43H55F2N9O7S/c1-49(2)22-31(27-18-34(60-6)32(23-50(3)4)35(19-27)61-7)40-28(24-55)20-36(62-40)42(59)46-37-13-17-53(25-43(37,44)45)29-10-14-52(15-11-29)30-12-16-54(26-56)38(21-30)48-51(5)33-8-9-39(57)47-41(33)58/h12,16,18-22,24,26,29,33,37H,8-11,13-15,17,23,25H2,1-7H3,(H,46,59)(H,47,57,58)/b31-22-,48-38-. The minimum absolute atomic E-state index is 0.0400. The van der Waals surface area contributed by atoms with Crippen LogP contribution in [-0.4, -0.2) is 154 Å². The third-order valence-electron chi connectivity index (χ3n) is 11.4. The molecule has 3 fully saturated rings. The number of likely N-dealkylation sites (tertiary alicyclic amines) is 1. The van der Waals surface area contributed by atoms with E-state index in [9.17, 15) is 24.0 Å². The van der Waals surface area contributed by atoms with Crippen molar-refractivity contribution in [1.82, 2.24) is 34.9 Å². The molecule has 19 heteroatoms. The molecule has 3 aliphatic rings. The van der Waals surface area contributed by atoms with Crippen LogP contribution in [0.2, 0.25) is 0 Å². The number of methoxy groups -OCH3 is 2. The van der Waals surface area contributed by atoms with Gasteiger partial charge in [0.25, 0.3) is 17.7 Å². The molecule has 0 radical (unpaired) electrons. The number of carbonyl (C=O) groups is 5. The van der Waals surface area contributed by atoms with Gasteiger partial charge in [-0.2, -0.15) is 5.10 Å². The Morgan fingerprint density at radius 3 is 2.27 bits per heavy atom. The van der Waals surface area contributed by atoms with Gasteiger partial charge in [0.1, 0.15) is 17.5 Å². The SMILES string of the molecule is COc1cc(/C(=C/N(C)C)c2sc(C(=O)NC3CCN(C4CCN(c5ccn(C=O)/c(=N\N(C)C6CCC(=O)NC6=O)c5)CC4)CC3(F)F)cc2C=O)cc(OC)c1CN(C)C. The van der Waals surface area contributed by atoms with Crippen molar-refractivity contribution in [2.75, 3.05) is 80.5 Å². The number of hydrogen-bond acceptors (Lipinski definition) is 14. The fourth-order valence-corrected chi connectivity index (χ4v) is 9.31. The highest BCUT2D eigenvalue weighted by atomic mass is 32.1. The monoisotopic (exact) mass is 879 g/mol. The van der Waals surface area contributed by atoms with E-state index in [0.717, 1.165) is 22.6 Å². The summed E-state index contributed by atoms with van der Waals surface area (Å²) in [6.07, 6.45) is 6.45. The van der Waals surface area contributed by atoms with Crippen molar-refractivity contribution >= 4 is 53.0 Å². The van der Waals surface area contributed by atoms with Gasteiger partial charge in [0, 0.05) is 99.9 Å². The number of likely N-dealkylation sites (N-methyl/N-ethyl adjacent to an activating group) is 1. The molecule has 0 saturated carbocycles. The van der Waals surface area contributed by atoms with E-state index in [1.165, 1.54) is 15.6 Å². The second-order valence-electron chi connectivity index (χ2n) is 16.3. The van der Waals surface area contributed by atoms with E-state index in [-0.39, 0.29) is 35.2 Å². The first-order chi connectivity index (χ1) is 29.5. The number of pyridine rings is 1. The van der Waals surface area contributed by atoms with Crippen molar-refractivity contribution in [2.45, 2.75) is 62.7 Å². The van der Waals surface area contributed by atoms with Crippen LogP contribution in [0.5, 0.6) is 11.5 Å². The number of piperidine rings is 3. The van der Waals surface area contributed by atoms with Crippen molar-refractivity contribution in [3.05, 3.63) is 74.7 Å². The number of ether oxygens (including phenoxy) is 2. The first-order valence-corrected chi connectivity index (χ1v) is 21.2. The van der Waals surface area contributed by atoms with E-state index >= 15 is 8.78 Å². The molecule has 2 aromatic heterocycles. The van der Waals surface area contributed by atoms with Crippen LogP contribution >= 0.6 is 11.3 Å². The van der Waals surface area contributed by atoms with Crippen LogP contribution in [0.1, 0.15) is 68.1 Å². The lowest BCUT2D eigenvalue weighted by molar-refractivity contribution is -0.137. The number of halogens is 2. The minimum Gasteiger partial charge on any atom is -0.496 e. The smallest absolute Gasteiger partial charge is 0.280 e. The number of nitrogens with one attached hydrogen (secondary N) is 2. The number of nitrogens with zero attached hydrogens (tertiary/aromatic N) is 7. The average molecular weight is 880 g/mol. The summed E-state index contributed by atoms with van der Waals surface area (Å²) >= 11 is 1.06. The Morgan fingerprint density at radius 2 is 1.69 bits per heavy atom. The maximum Gasteiger partial charge on any atom is 0.280 e. The molecule has 0 aliphatic carbocycles. The van der Waals surface area contributed by atoms with Crippen molar-refractivity contribution in [3.63, 3.8) is 0 Å². The van der Waals surface area contributed by atoms with Gasteiger partial charge in [-0.1, -0.05) is 0 Å². The zero-order chi connectivity index (χ0) is 44.9. The maximum absolute atomic E-state index is 15.9. The molecule has 334 valence electrons. The molecule has 2 N–H and O–H groups in total. The van der Waals surface area contributed by atoms with Crippen LogP contribution in [-0.2, 0) is 20.9 Å². The number of hydrogen-bond donors (Lipinski definition) is 2. The Kier molecular flexibility index (Phi) is 14.5. The summed E-state index contributed by atoms with van der Waals surface area (Å²) in [4.78, 5) is 70.3. The van der Waals surface area contributed by atoms with E-state index in [0.29, 0.717) is 91.1 Å². The number of benzene rings is 1. The zero-order valence-corrected chi connectivity index (χ0v) is 37.0. The van der Waals surface area contributed by atoms with Gasteiger partial charge in [-0.15, -0.1) is 11.3 Å². The van der Waals surface area contributed by atoms with E-state index in [1.54, 1.807) is 44.5 Å². The predicted molar refractivity (Wildman–Crippen MR) is 231 cm³/mol. The lowest BCUT2D eigenvalue weighted by atomic mass is 9.95. The fourth-order valence-electron chi connectivity index (χ4n) is 8.25. The summed E-state index contributed by atoms with van der Waals surface area (Å²) in [7, 11) is 12.3. The summed E-state index contributed by atoms with van der Waals surface area (Å²) in [5.41, 5.74) is 3.49. The van der Waals surface area contributed by atoms with Crippen LogP contribution in [0.15, 0.2) is 47.8 Å². The summed E-state index contributed by atoms with van der Waals surface area (Å²) in [5, 5.41) is 10.9. The Bertz CT molecular complexity index is 2240. The van der Waals surface area contributed by atoms with Gasteiger partial charge in [-0.25, -0.2) is 8.78 Å². The lowest BCUT2D eigenvalue weighted by Gasteiger charge is -2.45. The third kappa shape index (κ3) is 10.3. The first kappa shape index (κ1) is 45.9. The van der Waals surface area contributed by atoms with Crippen molar-refractivity contribution in [3.8, 4) is 11.5 Å². The van der Waals surface area contributed by atoms with E-state index < -0.39 is 36.4 Å². The van der Waals surface area contributed by atoms with Crippen molar-refractivity contribution in [1.29, 1.82) is 0 Å². The number of anilines is 1. The largest absolute Gasteiger partial charge is 0.496 e. The highest BCUT2D eigenvalue weighted by molar-refractivity contribution is 7.15. The Balaban J connectivity index is 1.11. The van der Waals surface area contributed by atoms with Gasteiger partial charge in [0.2, 0.25) is 12.3 Å². The van der Waals surface area contributed by atoms with E-state index in [1.807, 2.05) is 56.3 Å². The van der Waals surface area contributed by atoms with Gasteiger partial charge in [0.15, 0.2) is 11.8 Å². The van der Waals surface area contributed by atoms with Gasteiger partial charge >= 0.3 is 0 Å². The predicted octanol–water partition coefficient (Wildman–Crippen LogP) is 3.09. The van der Waals surface area contributed by atoms with Gasteiger partial charge in [-0.3, -0.25) is 43.8 Å². The van der Waals surface area contributed by atoms with Crippen LogP contribution in [0.4, 0.5) is 14.5 Å². The summed E-state index contributed by atoms with van der Waals surface area (Å²) in [5.74, 6) is -3.51. The molecule has 1 aromatic carbocycles. The molecule has 0 spiro atoms. The maximum atomic E-state index is 15.9. The second kappa shape index (κ2) is 19.6.